The monoisotopic (exact) mass is 371 g/mol. The van der Waals surface area contributed by atoms with E-state index in [-0.39, 0.29) is 10.9 Å². The minimum Gasteiger partial charge on any atom is -0.351 e. The van der Waals surface area contributed by atoms with Crippen LogP contribution < -0.4 is 5.73 Å². The summed E-state index contributed by atoms with van der Waals surface area (Å²) >= 11 is 3.32. The van der Waals surface area contributed by atoms with Crippen molar-refractivity contribution in [2.45, 2.75) is 23.8 Å². The van der Waals surface area contributed by atoms with Gasteiger partial charge in [-0.1, -0.05) is 15.9 Å². The number of hydrogen-bond donors (Lipinski definition) is 1. The number of nitrogens with two attached hydrogens (primary N) is 1. The van der Waals surface area contributed by atoms with Crippen LogP contribution in [0.4, 0.5) is 4.79 Å². The molecule has 6 nitrogen and oxygen atoms in total. The second kappa shape index (κ2) is 4.82. The third-order valence-corrected chi connectivity index (χ3v) is 6.12. The Bertz CT molecular complexity index is 840. The molecular formula is C13H14BrN3O3S. The summed E-state index contributed by atoms with van der Waals surface area (Å²) in [5.41, 5.74) is 5.81. The van der Waals surface area contributed by atoms with E-state index < -0.39 is 16.1 Å². The summed E-state index contributed by atoms with van der Waals surface area (Å²) in [6.45, 7) is 0. The lowest BCUT2D eigenvalue weighted by atomic mass is 10.2. The van der Waals surface area contributed by atoms with Crippen molar-refractivity contribution in [2.75, 3.05) is 7.05 Å². The van der Waals surface area contributed by atoms with Crippen molar-refractivity contribution in [1.29, 1.82) is 0 Å². The SMILES string of the molecule is CN(C1CC1)S(=O)(=O)c1cn(C(N)=O)c2ccc(Br)cc12. The van der Waals surface area contributed by atoms with Crippen LogP contribution in [0.25, 0.3) is 10.9 Å². The number of carbonyl (C=O) groups excluding carboxylic acids is 1. The fourth-order valence-corrected chi connectivity index (χ4v) is 4.30. The lowest BCUT2D eigenvalue weighted by molar-refractivity contribution is 0.251. The highest BCUT2D eigenvalue weighted by Crippen LogP contribution is 2.34. The first-order chi connectivity index (χ1) is 9.82. The summed E-state index contributed by atoms with van der Waals surface area (Å²) in [4.78, 5) is 11.6. The predicted molar refractivity (Wildman–Crippen MR) is 82.6 cm³/mol. The van der Waals surface area contributed by atoms with Crippen LogP contribution in [-0.4, -0.2) is 36.4 Å². The molecule has 0 radical (unpaired) electrons. The first-order valence-electron chi connectivity index (χ1n) is 6.41. The quantitative estimate of drug-likeness (QED) is 0.896. The predicted octanol–water partition coefficient (Wildman–Crippen LogP) is 2.11. The average molecular weight is 372 g/mol. The van der Waals surface area contributed by atoms with Crippen LogP contribution in [0.3, 0.4) is 0 Å². The zero-order valence-electron chi connectivity index (χ0n) is 11.3. The molecular weight excluding hydrogens is 358 g/mol. The molecule has 2 N–H and O–H groups in total. The second-order valence-corrected chi connectivity index (χ2v) is 8.00. The second-order valence-electron chi connectivity index (χ2n) is 5.12. The number of rotatable bonds is 3. The molecule has 1 fully saturated rings. The van der Waals surface area contributed by atoms with Gasteiger partial charge < -0.3 is 5.73 Å². The van der Waals surface area contributed by atoms with E-state index in [0.29, 0.717) is 10.9 Å². The Hall–Kier alpha value is -1.38. The van der Waals surface area contributed by atoms with Crippen LogP contribution in [-0.2, 0) is 10.0 Å². The van der Waals surface area contributed by atoms with Gasteiger partial charge in [0.05, 0.1) is 5.52 Å². The van der Waals surface area contributed by atoms with E-state index in [1.54, 1.807) is 25.2 Å². The molecule has 21 heavy (non-hydrogen) atoms. The number of hydrogen-bond acceptors (Lipinski definition) is 3. The Balaban J connectivity index is 2.27. The van der Waals surface area contributed by atoms with Crippen molar-refractivity contribution in [3.63, 3.8) is 0 Å². The molecule has 0 bridgehead atoms. The number of primary amides is 1. The first-order valence-corrected chi connectivity index (χ1v) is 8.64. The highest BCUT2D eigenvalue weighted by atomic mass is 79.9. The Morgan fingerprint density at radius 1 is 1.43 bits per heavy atom. The molecule has 112 valence electrons. The topological polar surface area (TPSA) is 85.4 Å². The van der Waals surface area contributed by atoms with Gasteiger partial charge in [-0.15, -0.1) is 0 Å². The smallest absolute Gasteiger partial charge is 0.323 e. The minimum atomic E-state index is -3.65. The van der Waals surface area contributed by atoms with Gasteiger partial charge in [0.2, 0.25) is 10.0 Å². The van der Waals surface area contributed by atoms with Gasteiger partial charge in [0.25, 0.3) is 0 Å². The van der Waals surface area contributed by atoms with E-state index in [1.807, 2.05) is 0 Å². The van der Waals surface area contributed by atoms with Gasteiger partial charge >= 0.3 is 6.03 Å². The molecule has 1 aromatic heterocycles. The van der Waals surface area contributed by atoms with Gasteiger partial charge in [-0.3, -0.25) is 4.57 Å². The van der Waals surface area contributed by atoms with Crippen LogP contribution >= 0.6 is 15.9 Å². The summed E-state index contributed by atoms with van der Waals surface area (Å²) in [5, 5.41) is 0.482. The first kappa shape index (κ1) is 14.6. The van der Waals surface area contributed by atoms with Crippen molar-refractivity contribution >= 4 is 42.9 Å². The van der Waals surface area contributed by atoms with Gasteiger partial charge in [-0.2, -0.15) is 4.31 Å². The number of sulfonamides is 1. The number of aromatic nitrogens is 1. The van der Waals surface area contributed by atoms with E-state index >= 15 is 0 Å². The maximum absolute atomic E-state index is 12.7. The summed E-state index contributed by atoms with van der Waals surface area (Å²) < 4.78 is 28.7. The van der Waals surface area contributed by atoms with Crippen molar-refractivity contribution in [2.24, 2.45) is 5.73 Å². The molecule has 2 aromatic rings. The number of amides is 1. The van der Waals surface area contributed by atoms with E-state index in [4.69, 9.17) is 5.73 Å². The molecule has 1 saturated carbocycles. The molecule has 8 heteroatoms. The molecule has 1 amide bonds. The number of carbonyl (C=O) groups is 1. The Kier molecular flexibility index (Phi) is 3.34. The Morgan fingerprint density at radius 3 is 2.67 bits per heavy atom. The maximum Gasteiger partial charge on any atom is 0.323 e. The van der Waals surface area contributed by atoms with Crippen LogP contribution in [0.15, 0.2) is 33.8 Å². The third kappa shape index (κ3) is 2.37. The van der Waals surface area contributed by atoms with E-state index in [9.17, 15) is 13.2 Å². The fourth-order valence-electron chi connectivity index (χ4n) is 2.35. The Morgan fingerprint density at radius 2 is 2.10 bits per heavy atom. The maximum atomic E-state index is 12.7. The van der Waals surface area contributed by atoms with Crippen molar-refractivity contribution in [3.8, 4) is 0 Å². The fraction of sp³-hybridized carbons (Fsp3) is 0.308. The zero-order chi connectivity index (χ0) is 15.4. The largest absolute Gasteiger partial charge is 0.351 e. The normalized spacial score (nSPS) is 15.8. The van der Waals surface area contributed by atoms with Crippen LogP contribution in [0.5, 0.6) is 0 Å². The van der Waals surface area contributed by atoms with Crippen LogP contribution in [0.1, 0.15) is 12.8 Å². The van der Waals surface area contributed by atoms with E-state index in [1.165, 1.54) is 10.5 Å². The molecule has 0 spiro atoms. The molecule has 0 saturated heterocycles. The summed E-state index contributed by atoms with van der Waals surface area (Å²) in [6, 6.07) is 4.43. The molecule has 1 aliphatic rings. The number of nitrogens with zero attached hydrogens (tertiary/aromatic N) is 2. The lowest BCUT2D eigenvalue weighted by Gasteiger charge is -2.15. The molecule has 0 atom stereocenters. The molecule has 1 aromatic carbocycles. The zero-order valence-corrected chi connectivity index (χ0v) is 13.7. The summed E-state index contributed by atoms with van der Waals surface area (Å²) in [5.74, 6) is 0. The molecule has 1 heterocycles. The molecule has 1 aliphatic carbocycles. The average Bonchev–Trinajstić information content (AvgIpc) is 3.18. The highest BCUT2D eigenvalue weighted by molar-refractivity contribution is 9.10. The molecule has 3 rings (SSSR count). The minimum absolute atomic E-state index is 0.0501. The van der Waals surface area contributed by atoms with Gasteiger partial charge in [-0.05, 0) is 31.0 Å². The van der Waals surface area contributed by atoms with E-state index in [0.717, 1.165) is 21.9 Å². The highest BCUT2D eigenvalue weighted by Gasteiger charge is 2.36. The summed E-state index contributed by atoms with van der Waals surface area (Å²) in [7, 11) is -2.08. The number of fused-ring (bicyclic) bond motifs is 1. The molecule has 0 aliphatic heterocycles. The van der Waals surface area contributed by atoms with Crippen LogP contribution in [0.2, 0.25) is 0 Å². The van der Waals surface area contributed by atoms with Gasteiger partial charge in [0.15, 0.2) is 0 Å². The molecule has 0 unspecified atom stereocenters. The van der Waals surface area contributed by atoms with Gasteiger partial charge in [0, 0.05) is 29.1 Å². The number of halogens is 1. The van der Waals surface area contributed by atoms with Crippen molar-refractivity contribution in [3.05, 3.63) is 28.9 Å². The van der Waals surface area contributed by atoms with E-state index in [2.05, 4.69) is 15.9 Å². The van der Waals surface area contributed by atoms with Gasteiger partial charge in [0.1, 0.15) is 4.90 Å². The lowest BCUT2D eigenvalue weighted by Crippen LogP contribution is -2.29. The summed E-state index contributed by atoms with van der Waals surface area (Å²) in [6.07, 6.45) is 3.04. The van der Waals surface area contributed by atoms with Gasteiger partial charge in [-0.25, -0.2) is 13.2 Å². The van der Waals surface area contributed by atoms with Crippen LogP contribution in [0, 0.1) is 0 Å². The number of benzene rings is 1. The third-order valence-electron chi connectivity index (χ3n) is 3.69. The Labute approximate surface area is 130 Å². The van der Waals surface area contributed by atoms with Crippen molar-refractivity contribution in [1.82, 2.24) is 8.87 Å². The van der Waals surface area contributed by atoms with Crippen molar-refractivity contribution < 1.29 is 13.2 Å². The standard InChI is InChI=1S/C13H14BrN3O3S/c1-16(9-3-4-9)21(19,20)12-7-17(13(15)18)11-5-2-8(14)6-10(11)12/h2,5-7,9H,3-4H2,1H3,(H2,15,18).